The Kier molecular flexibility index (Phi) is 8.47. The fraction of sp³-hybridized carbons (Fsp3) is 0.290. The van der Waals surface area contributed by atoms with Crippen LogP contribution >= 0.6 is 11.6 Å². The predicted octanol–water partition coefficient (Wildman–Crippen LogP) is 6.83. The number of hydrogen-bond donors (Lipinski definition) is 1. The molecule has 0 aliphatic carbocycles. The van der Waals surface area contributed by atoms with Crippen molar-refractivity contribution in [3.8, 4) is 11.3 Å². The van der Waals surface area contributed by atoms with E-state index in [4.69, 9.17) is 22.3 Å². The van der Waals surface area contributed by atoms with E-state index in [1.807, 2.05) is 77.7 Å². The second-order valence-electron chi connectivity index (χ2n) is 10.4. The van der Waals surface area contributed by atoms with Crippen molar-refractivity contribution in [3.63, 3.8) is 0 Å². The molecule has 6 heteroatoms. The number of halogens is 1. The molecule has 4 rings (SSSR count). The summed E-state index contributed by atoms with van der Waals surface area (Å²) in [6.45, 7) is 8.16. The van der Waals surface area contributed by atoms with Crippen LogP contribution in [-0.4, -0.2) is 33.4 Å². The first kappa shape index (κ1) is 26.6. The Morgan fingerprint density at radius 1 is 1.00 bits per heavy atom. The molecule has 192 valence electrons. The van der Waals surface area contributed by atoms with Crippen LogP contribution in [-0.2, 0) is 6.54 Å². The highest BCUT2D eigenvalue weighted by Gasteiger charge is 2.38. The van der Waals surface area contributed by atoms with Gasteiger partial charge in [-0.25, -0.2) is 4.98 Å². The van der Waals surface area contributed by atoms with Crippen molar-refractivity contribution in [1.29, 1.82) is 0 Å². The predicted molar refractivity (Wildman–Crippen MR) is 152 cm³/mol. The summed E-state index contributed by atoms with van der Waals surface area (Å²) < 4.78 is 2.18. The van der Waals surface area contributed by atoms with Crippen LogP contribution in [0.1, 0.15) is 55.0 Å². The molecular formula is C31H35ClN4O. The zero-order valence-corrected chi connectivity index (χ0v) is 22.5. The van der Waals surface area contributed by atoms with E-state index in [1.54, 1.807) is 0 Å². The molecule has 0 radical (unpaired) electrons. The lowest BCUT2D eigenvalue weighted by atomic mass is 9.84. The highest BCUT2D eigenvalue weighted by molar-refractivity contribution is 6.30. The minimum atomic E-state index is -0.301. The summed E-state index contributed by atoms with van der Waals surface area (Å²) >= 11 is 6.32. The summed E-state index contributed by atoms with van der Waals surface area (Å²) in [5, 5.41) is 0.660. The van der Waals surface area contributed by atoms with Crippen LogP contribution < -0.4 is 5.73 Å². The van der Waals surface area contributed by atoms with Crippen molar-refractivity contribution in [2.45, 2.75) is 39.8 Å². The molecule has 0 fully saturated rings. The minimum Gasteiger partial charge on any atom is -0.330 e. The molecule has 0 aliphatic rings. The van der Waals surface area contributed by atoms with Crippen LogP contribution in [0, 0.1) is 5.41 Å². The third-order valence-electron chi connectivity index (χ3n) is 6.38. The van der Waals surface area contributed by atoms with Gasteiger partial charge in [0.15, 0.2) is 0 Å². The topological polar surface area (TPSA) is 64.2 Å². The molecule has 5 nitrogen and oxygen atoms in total. The SMILES string of the molecule is CC(C)(C)[C@H](c1nc(-c2cccc(Cl)c2)cn1Cc1ccccc1)N(CCCN)C(=O)c1ccccc1. The molecule has 0 bridgehead atoms. The van der Waals surface area contributed by atoms with E-state index in [-0.39, 0.29) is 17.4 Å². The molecule has 0 saturated heterocycles. The van der Waals surface area contributed by atoms with Gasteiger partial charge in [-0.2, -0.15) is 0 Å². The van der Waals surface area contributed by atoms with Gasteiger partial charge in [-0.05, 0) is 48.2 Å². The molecule has 1 atom stereocenters. The number of nitrogens with zero attached hydrogens (tertiary/aromatic N) is 3. The molecule has 0 aliphatic heterocycles. The zero-order valence-electron chi connectivity index (χ0n) is 21.8. The molecule has 2 N–H and O–H groups in total. The summed E-state index contributed by atoms with van der Waals surface area (Å²) in [6, 6.07) is 27.2. The van der Waals surface area contributed by atoms with Crippen molar-refractivity contribution in [2.75, 3.05) is 13.1 Å². The van der Waals surface area contributed by atoms with Gasteiger partial charge in [0.05, 0.1) is 11.7 Å². The van der Waals surface area contributed by atoms with E-state index in [2.05, 4.69) is 43.7 Å². The summed E-state index contributed by atoms with van der Waals surface area (Å²) in [5.74, 6) is 0.820. The molecule has 0 saturated carbocycles. The highest BCUT2D eigenvalue weighted by Crippen LogP contribution is 2.40. The molecule has 1 aromatic heterocycles. The Hall–Kier alpha value is -3.41. The van der Waals surface area contributed by atoms with Crippen LogP contribution in [0.3, 0.4) is 0 Å². The van der Waals surface area contributed by atoms with E-state index in [0.717, 1.165) is 22.6 Å². The number of benzene rings is 3. The van der Waals surface area contributed by atoms with Gasteiger partial charge in [0.2, 0.25) is 0 Å². The third-order valence-corrected chi connectivity index (χ3v) is 6.62. The van der Waals surface area contributed by atoms with Crippen molar-refractivity contribution in [2.24, 2.45) is 11.1 Å². The Morgan fingerprint density at radius 3 is 2.30 bits per heavy atom. The third kappa shape index (κ3) is 6.48. The van der Waals surface area contributed by atoms with E-state index in [0.29, 0.717) is 36.6 Å². The van der Waals surface area contributed by atoms with Gasteiger partial charge in [0, 0.05) is 35.4 Å². The zero-order chi connectivity index (χ0) is 26.4. The first-order valence-corrected chi connectivity index (χ1v) is 13.1. The van der Waals surface area contributed by atoms with E-state index >= 15 is 0 Å². The first-order valence-electron chi connectivity index (χ1n) is 12.7. The number of nitrogens with two attached hydrogens (primary N) is 1. The lowest BCUT2D eigenvalue weighted by molar-refractivity contribution is 0.0482. The largest absolute Gasteiger partial charge is 0.330 e. The first-order chi connectivity index (χ1) is 17.8. The smallest absolute Gasteiger partial charge is 0.254 e. The molecule has 1 heterocycles. The second kappa shape index (κ2) is 11.8. The van der Waals surface area contributed by atoms with Crippen LogP contribution in [0.25, 0.3) is 11.3 Å². The Bertz CT molecular complexity index is 1310. The van der Waals surface area contributed by atoms with Gasteiger partial charge in [0.1, 0.15) is 5.82 Å². The maximum atomic E-state index is 13.9. The Morgan fingerprint density at radius 2 is 1.68 bits per heavy atom. The summed E-state index contributed by atoms with van der Waals surface area (Å²) in [7, 11) is 0. The lowest BCUT2D eigenvalue weighted by Gasteiger charge is -2.40. The number of carbonyl (C=O) groups excluding carboxylic acids is 1. The van der Waals surface area contributed by atoms with E-state index in [1.165, 1.54) is 0 Å². The van der Waals surface area contributed by atoms with Crippen molar-refractivity contribution in [1.82, 2.24) is 14.5 Å². The minimum absolute atomic E-state index is 0.0208. The average Bonchev–Trinajstić information content (AvgIpc) is 3.29. The van der Waals surface area contributed by atoms with Gasteiger partial charge < -0.3 is 15.2 Å². The monoisotopic (exact) mass is 514 g/mol. The maximum Gasteiger partial charge on any atom is 0.254 e. The number of imidazole rings is 1. The van der Waals surface area contributed by atoms with E-state index in [9.17, 15) is 4.79 Å². The number of rotatable bonds is 9. The lowest BCUT2D eigenvalue weighted by Crippen LogP contribution is -2.43. The molecular weight excluding hydrogens is 480 g/mol. The van der Waals surface area contributed by atoms with Gasteiger partial charge in [0.25, 0.3) is 5.91 Å². The summed E-state index contributed by atoms with van der Waals surface area (Å²) in [5.41, 5.74) is 9.20. The highest BCUT2D eigenvalue weighted by atomic mass is 35.5. The van der Waals surface area contributed by atoms with Crippen LogP contribution in [0.4, 0.5) is 0 Å². The summed E-state index contributed by atoms with van der Waals surface area (Å²) in [6.07, 6.45) is 2.77. The number of amides is 1. The van der Waals surface area contributed by atoms with Crippen LogP contribution in [0.15, 0.2) is 91.1 Å². The molecule has 0 unspecified atom stereocenters. The molecule has 3 aromatic carbocycles. The Labute approximate surface area is 224 Å². The van der Waals surface area contributed by atoms with Crippen molar-refractivity contribution < 1.29 is 4.79 Å². The van der Waals surface area contributed by atoms with E-state index < -0.39 is 0 Å². The van der Waals surface area contributed by atoms with Gasteiger partial charge in [-0.1, -0.05) is 93.0 Å². The maximum absolute atomic E-state index is 13.9. The number of hydrogen-bond acceptors (Lipinski definition) is 3. The normalized spacial score (nSPS) is 12.4. The van der Waals surface area contributed by atoms with Gasteiger partial charge in [-0.3, -0.25) is 4.79 Å². The Balaban J connectivity index is 1.87. The quantitative estimate of drug-likeness (QED) is 0.266. The number of aromatic nitrogens is 2. The van der Waals surface area contributed by atoms with Gasteiger partial charge in [-0.15, -0.1) is 0 Å². The van der Waals surface area contributed by atoms with Crippen molar-refractivity contribution in [3.05, 3.63) is 113 Å². The fourth-order valence-electron chi connectivity index (χ4n) is 4.69. The van der Waals surface area contributed by atoms with Crippen LogP contribution in [0.2, 0.25) is 5.02 Å². The van der Waals surface area contributed by atoms with Crippen molar-refractivity contribution >= 4 is 17.5 Å². The molecule has 4 aromatic rings. The standard InChI is InChI=1S/C31H35ClN4O/c1-31(2,3)28(36(19-11-18-33)30(37)24-14-8-5-9-15-24)29-34-27(25-16-10-17-26(32)20-25)22-35(29)21-23-12-6-4-7-13-23/h4-10,12-17,20,22,28H,11,18-19,21,33H2,1-3H3/t28-/m0/s1. The van der Waals surface area contributed by atoms with Gasteiger partial charge >= 0.3 is 0 Å². The van der Waals surface area contributed by atoms with Crippen LogP contribution in [0.5, 0.6) is 0 Å². The fourth-order valence-corrected chi connectivity index (χ4v) is 4.88. The second-order valence-corrected chi connectivity index (χ2v) is 10.8. The molecule has 37 heavy (non-hydrogen) atoms. The average molecular weight is 515 g/mol. The molecule has 1 amide bonds. The molecule has 0 spiro atoms. The summed E-state index contributed by atoms with van der Waals surface area (Å²) in [4.78, 5) is 21.1. The number of carbonyl (C=O) groups is 1.